The van der Waals surface area contributed by atoms with Crippen LogP contribution in [-0.2, 0) is 10.0 Å². The quantitative estimate of drug-likeness (QED) is 0.827. The van der Waals surface area contributed by atoms with E-state index in [9.17, 15) is 8.42 Å². The number of nitrogens with one attached hydrogen (secondary N) is 1. The average molecular weight is 292 g/mol. The van der Waals surface area contributed by atoms with Crippen LogP contribution in [0.15, 0.2) is 23.1 Å². The second-order valence-corrected chi connectivity index (χ2v) is 7.55. The molecule has 1 aliphatic carbocycles. The van der Waals surface area contributed by atoms with E-state index in [0.717, 1.165) is 12.0 Å². The molecule has 1 fully saturated rings. The Labute approximate surface area is 120 Å². The van der Waals surface area contributed by atoms with E-state index in [2.05, 4.69) is 16.6 Å². The summed E-state index contributed by atoms with van der Waals surface area (Å²) in [5.74, 6) is 5.56. The third kappa shape index (κ3) is 3.21. The van der Waals surface area contributed by atoms with Crippen LogP contribution in [-0.4, -0.2) is 21.0 Å². The highest BCUT2D eigenvalue weighted by atomic mass is 32.2. The molecule has 0 bridgehead atoms. The molecule has 108 valence electrons. The molecule has 20 heavy (non-hydrogen) atoms. The molecule has 0 heterocycles. The summed E-state index contributed by atoms with van der Waals surface area (Å²) in [6.07, 6.45) is 0.863. The summed E-state index contributed by atoms with van der Waals surface area (Å²) in [7, 11) is -3.54. The minimum absolute atomic E-state index is 0.00382. The lowest BCUT2D eigenvalue weighted by atomic mass is 10.1. The Morgan fingerprint density at radius 2 is 2.10 bits per heavy atom. The van der Waals surface area contributed by atoms with Crippen LogP contribution in [0.4, 0.5) is 0 Å². The van der Waals surface area contributed by atoms with Gasteiger partial charge in [0.05, 0.1) is 11.4 Å². The van der Waals surface area contributed by atoms with Gasteiger partial charge in [0.1, 0.15) is 0 Å². The van der Waals surface area contributed by atoms with Gasteiger partial charge in [-0.15, -0.1) is 0 Å². The van der Waals surface area contributed by atoms with E-state index in [1.54, 1.807) is 18.2 Å². The Morgan fingerprint density at radius 3 is 2.65 bits per heavy atom. The average Bonchev–Trinajstić information content (AvgIpc) is 2.92. The van der Waals surface area contributed by atoms with E-state index in [-0.39, 0.29) is 22.9 Å². The maximum absolute atomic E-state index is 12.5. The van der Waals surface area contributed by atoms with Gasteiger partial charge >= 0.3 is 0 Å². The van der Waals surface area contributed by atoms with Crippen molar-refractivity contribution >= 4 is 10.0 Å². The van der Waals surface area contributed by atoms with E-state index in [0.29, 0.717) is 5.56 Å². The summed E-state index contributed by atoms with van der Waals surface area (Å²) in [6, 6.07) is 5.16. The van der Waals surface area contributed by atoms with Crippen LogP contribution in [0.2, 0.25) is 0 Å². The van der Waals surface area contributed by atoms with Crippen molar-refractivity contribution < 1.29 is 8.42 Å². The maximum Gasteiger partial charge on any atom is 0.242 e. The molecule has 1 unspecified atom stereocenters. The molecule has 0 radical (unpaired) electrons. The molecule has 0 saturated heterocycles. The van der Waals surface area contributed by atoms with Crippen molar-refractivity contribution in [3.8, 4) is 11.8 Å². The third-order valence-corrected chi connectivity index (χ3v) is 5.09. The van der Waals surface area contributed by atoms with Crippen molar-refractivity contribution in [2.45, 2.75) is 38.1 Å². The van der Waals surface area contributed by atoms with E-state index >= 15 is 0 Å². The van der Waals surface area contributed by atoms with E-state index in [1.807, 2.05) is 20.8 Å². The van der Waals surface area contributed by atoms with Crippen molar-refractivity contribution in [1.82, 2.24) is 4.72 Å². The smallest absolute Gasteiger partial charge is 0.242 e. The Balaban J connectivity index is 2.36. The number of nitrogens with two attached hydrogens (primary N) is 1. The van der Waals surface area contributed by atoms with E-state index in [1.165, 1.54) is 0 Å². The fourth-order valence-corrected chi connectivity index (χ4v) is 3.59. The lowest BCUT2D eigenvalue weighted by Gasteiger charge is -2.10. The van der Waals surface area contributed by atoms with Gasteiger partial charge in [0.2, 0.25) is 10.0 Å². The number of benzene rings is 1. The zero-order valence-electron chi connectivity index (χ0n) is 12.0. The first-order valence-corrected chi connectivity index (χ1v) is 8.06. The van der Waals surface area contributed by atoms with Crippen LogP contribution < -0.4 is 10.5 Å². The SMILES string of the molecule is Cc1ccc(S(=O)(=O)NC2CC2(C)C)c(C#CCN)c1. The number of rotatable bonds is 3. The molecule has 0 aliphatic heterocycles. The first-order chi connectivity index (χ1) is 9.26. The van der Waals surface area contributed by atoms with Crippen LogP contribution in [0.1, 0.15) is 31.4 Å². The number of hydrogen-bond donors (Lipinski definition) is 2. The highest BCUT2D eigenvalue weighted by molar-refractivity contribution is 7.89. The molecule has 1 aromatic rings. The maximum atomic E-state index is 12.5. The summed E-state index contributed by atoms with van der Waals surface area (Å²) in [5, 5.41) is 0. The van der Waals surface area contributed by atoms with Gasteiger partial charge in [0.15, 0.2) is 0 Å². The molecule has 2 rings (SSSR count). The van der Waals surface area contributed by atoms with Crippen LogP contribution in [0, 0.1) is 24.2 Å². The molecule has 4 nitrogen and oxygen atoms in total. The molecule has 1 aliphatic rings. The van der Waals surface area contributed by atoms with Crippen molar-refractivity contribution in [3.63, 3.8) is 0 Å². The van der Waals surface area contributed by atoms with Gasteiger partial charge in [-0.05, 0) is 36.5 Å². The molecule has 3 N–H and O–H groups in total. The van der Waals surface area contributed by atoms with Gasteiger partial charge in [-0.1, -0.05) is 31.8 Å². The lowest BCUT2D eigenvalue weighted by molar-refractivity contribution is 0.555. The van der Waals surface area contributed by atoms with Crippen molar-refractivity contribution in [1.29, 1.82) is 0 Å². The Hall–Kier alpha value is -1.35. The first kappa shape index (κ1) is 15.0. The van der Waals surface area contributed by atoms with Gasteiger partial charge in [0.25, 0.3) is 0 Å². The lowest BCUT2D eigenvalue weighted by Crippen LogP contribution is -2.29. The molecule has 5 heteroatoms. The predicted octanol–water partition coefficient (Wildman–Crippen LogP) is 1.38. The highest BCUT2D eigenvalue weighted by Crippen LogP contribution is 2.45. The molecule has 1 atom stereocenters. The molecular formula is C15H20N2O2S. The van der Waals surface area contributed by atoms with Crippen molar-refractivity contribution in [3.05, 3.63) is 29.3 Å². The summed E-state index contributed by atoms with van der Waals surface area (Å²) in [5.41, 5.74) is 6.87. The molecule has 1 saturated carbocycles. The van der Waals surface area contributed by atoms with E-state index < -0.39 is 10.0 Å². The second-order valence-electron chi connectivity index (χ2n) is 5.87. The molecule has 1 aromatic carbocycles. The van der Waals surface area contributed by atoms with Crippen molar-refractivity contribution in [2.24, 2.45) is 11.1 Å². The molecule has 0 spiro atoms. The Bertz CT molecular complexity index is 682. The predicted molar refractivity (Wildman–Crippen MR) is 79.6 cm³/mol. The fraction of sp³-hybridized carbons (Fsp3) is 0.467. The third-order valence-electron chi connectivity index (χ3n) is 3.56. The van der Waals surface area contributed by atoms with Crippen LogP contribution >= 0.6 is 0 Å². The molecule has 0 aromatic heterocycles. The monoisotopic (exact) mass is 292 g/mol. The summed E-state index contributed by atoms with van der Waals surface area (Å²) < 4.78 is 27.7. The van der Waals surface area contributed by atoms with Gasteiger partial charge < -0.3 is 5.73 Å². The highest BCUT2D eigenvalue weighted by Gasteiger charge is 2.48. The van der Waals surface area contributed by atoms with Gasteiger partial charge in [-0.2, -0.15) is 0 Å². The van der Waals surface area contributed by atoms with Crippen LogP contribution in [0.5, 0.6) is 0 Å². The first-order valence-electron chi connectivity index (χ1n) is 6.58. The topological polar surface area (TPSA) is 72.2 Å². The number of aryl methyl sites for hydroxylation is 1. The van der Waals surface area contributed by atoms with Crippen LogP contribution in [0.3, 0.4) is 0 Å². The van der Waals surface area contributed by atoms with Crippen LogP contribution in [0.25, 0.3) is 0 Å². The Morgan fingerprint density at radius 1 is 1.45 bits per heavy atom. The summed E-state index contributed by atoms with van der Waals surface area (Å²) >= 11 is 0. The molecular weight excluding hydrogens is 272 g/mol. The largest absolute Gasteiger partial charge is 0.320 e. The van der Waals surface area contributed by atoms with Gasteiger partial charge in [0, 0.05) is 11.6 Å². The minimum Gasteiger partial charge on any atom is -0.320 e. The summed E-state index contributed by atoms with van der Waals surface area (Å²) in [4.78, 5) is 0.228. The summed E-state index contributed by atoms with van der Waals surface area (Å²) in [6.45, 7) is 6.20. The number of sulfonamides is 1. The molecule has 0 amide bonds. The van der Waals surface area contributed by atoms with Crippen molar-refractivity contribution in [2.75, 3.05) is 6.54 Å². The number of hydrogen-bond acceptors (Lipinski definition) is 3. The minimum atomic E-state index is -3.54. The van der Waals surface area contributed by atoms with E-state index in [4.69, 9.17) is 5.73 Å². The van der Waals surface area contributed by atoms with Gasteiger partial charge in [-0.3, -0.25) is 0 Å². The Kier molecular flexibility index (Phi) is 3.92. The standard InChI is InChI=1S/C15H20N2O2S/c1-11-6-7-13(12(9-11)5-4-8-16)20(18,19)17-14-10-15(14,2)3/h6-7,9,14,17H,8,10,16H2,1-3H3. The fourth-order valence-electron chi connectivity index (χ4n) is 2.04. The second kappa shape index (κ2) is 5.21. The van der Waals surface area contributed by atoms with Gasteiger partial charge in [-0.25, -0.2) is 13.1 Å². The zero-order valence-corrected chi connectivity index (χ0v) is 12.8. The normalized spacial score (nSPS) is 20.1. The zero-order chi connectivity index (χ0) is 15.0.